The summed E-state index contributed by atoms with van der Waals surface area (Å²) in [5, 5.41) is 0.991. The van der Waals surface area contributed by atoms with Crippen molar-refractivity contribution in [3.63, 3.8) is 0 Å². The van der Waals surface area contributed by atoms with Crippen molar-refractivity contribution in [2.45, 2.75) is 0 Å². The van der Waals surface area contributed by atoms with Crippen LogP contribution >= 0.6 is 15.9 Å². The summed E-state index contributed by atoms with van der Waals surface area (Å²) in [6.45, 7) is 0. The number of ether oxygens (including phenoxy) is 1. The fourth-order valence-corrected chi connectivity index (χ4v) is 2.34. The largest absolute Gasteiger partial charge is 0.464 e. The van der Waals surface area contributed by atoms with Gasteiger partial charge >= 0.3 is 5.97 Å². The summed E-state index contributed by atoms with van der Waals surface area (Å²) in [4.78, 5) is 15.5. The predicted octanol–water partition coefficient (Wildman–Crippen LogP) is 4.04. The van der Waals surface area contributed by atoms with E-state index in [1.54, 1.807) is 18.3 Å². The number of methoxy groups -OCH3 is 1. The van der Waals surface area contributed by atoms with E-state index in [1.807, 2.05) is 24.3 Å². The fraction of sp³-hybridized carbons (Fsp3) is 0.0667. The van der Waals surface area contributed by atoms with E-state index in [0.29, 0.717) is 5.76 Å². The minimum atomic E-state index is -0.467. The highest BCUT2D eigenvalue weighted by Crippen LogP contribution is 2.29. The Kier molecular flexibility index (Phi) is 3.28. The van der Waals surface area contributed by atoms with Gasteiger partial charge in [0, 0.05) is 21.6 Å². The lowest BCUT2D eigenvalue weighted by atomic mass is 10.1. The third-order valence-corrected chi connectivity index (χ3v) is 3.41. The summed E-state index contributed by atoms with van der Waals surface area (Å²) in [5.74, 6) is 0.219. The number of pyridine rings is 1. The lowest BCUT2D eigenvalue weighted by molar-refractivity contribution is 0.0594. The third kappa shape index (κ3) is 2.32. The highest BCUT2D eigenvalue weighted by Gasteiger charge is 2.11. The molecule has 100 valence electrons. The maximum atomic E-state index is 11.5. The van der Waals surface area contributed by atoms with Gasteiger partial charge in [-0.2, -0.15) is 0 Å². The summed E-state index contributed by atoms with van der Waals surface area (Å²) < 4.78 is 11.4. The first-order chi connectivity index (χ1) is 9.67. The smallest absolute Gasteiger partial charge is 0.356 e. The number of fused-ring (bicyclic) bond motifs is 1. The molecule has 0 unspecified atom stereocenters. The number of rotatable bonds is 2. The summed E-state index contributed by atoms with van der Waals surface area (Å²) in [7, 11) is 1.33. The Labute approximate surface area is 123 Å². The molecular weight excluding hydrogens is 322 g/mol. The Balaban J connectivity index is 2.08. The van der Waals surface area contributed by atoms with Crippen molar-refractivity contribution < 1.29 is 13.9 Å². The van der Waals surface area contributed by atoms with Gasteiger partial charge in [-0.25, -0.2) is 9.78 Å². The first kappa shape index (κ1) is 12.9. The van der Waals surface area contributed by atoms with E-state index in [9.17, 15) is 4.79 Å². The second kappa shape index (κ2) is 5.09. The zero-order valence-electron chi connectivity index (χ0n) is 10.6. The molecule has 2 aromatic heterocycles. The molecule has 1 aromatic carbocycles. The molecule has 0 radical (unpaired) electrons. The van der Waals surface area contributed by atoms with Crippen LogP contribution in [0.2, 0.25) is 0 Å². The predicted molar refractivity (Wildman–Crippen MR) is 78.5 cm³/mol. The molecule has 0 fully saturated rings. The monoisotopic (exact) mass is 331 g/mol. The first-order valence-electron chi connectivity index (χ1n) is 5.91. The molecule has 0 spiro atoms. The van der Waals surface area contributed by atoms with Gasteiger partial charge in [-0.3, -0.25) is 0 Å². The van der Waals surface area contributed by atoms with Crippen LogP contribution in [0.4, 0.5) is 0 Å². The van der Waals surface area contributed by atoms with Crippen LogP contribution in [-0.2, 0) is 4.74 Å². The van der Waals surface area contributed by atoms with Gasteiger partial charge in [-0.15, -0.1) is 0 Å². The molecule has 0 saturated carbocycles. The molecule has 4 nitrogen and oxygen atoms in total. The van der Waals surface area contributed by atoms with Gasteiger partial charge in [0.2, 0.25) is 0 Å². The highest BCUT2D eigenvalue weighted by molar-refractivity contribution is 9.10. The number of nitrogens with zero attached hydrogens (tertiary/aromatic N) is 1. The Morgan fingerprint density at radius 3 is 2.90 bits per heavy atom. The third-order valence-electron chi connectivity index (χ3n) is 2.92. The molecule has 2 heterocycles. The number of aromatic nitrogens is 1. The number of carbonyl (C=O) groups is 1. The maximum absolute atomic E-state index is 11.5. The quantitative estimate of drug-likeness (QED) is 0.665. The van der Waals surface area contributed by atoms with E-state index in [2.05, 4.69) is 25.7 Å². The van der Waals surface area contributed by atoms with E-state index in [0.717, 1.165) is 21.0 Å². The maximum Gasteiger partial charge on any atom is 0.356 e. The van der Waals surface area contributed by atoms with Crippen molar-refractivity contribution >= 4 is 32.9 Å². The minimum absolute atomic E-state index is 0.256. The van der Waals surface area contributed by atoms with Gasteiger partial charge in [0.25, 0.3) is 0 Å². The standard InChI is InChI=1S/C15H10BrNO3/c1-19-15(18)12-7-9(4-5-17-12)14-8-10-6-11(16)2-3-13(10)20-14/h2-8H,1H3. The van der Waals surface area contributed by atoms with Crippen molar-refractivity contribution in [2.75, 3.05) is 7.11 Å². The van der Waals surface area contributed by atoms with E-state index in [1.165, 1.54) is 7.11 Å². The number of halogens is 1. The van der Waals surface area contributed by atoms with Crippen LogP contribution in [0.5, 0.6) is 0 Å². The molecule has 5 heteroatoms. The van der Waals surface area contributed by atoms with Gasteiger partial charge in [-0.1, -0.05) is 15.9 Å². The average Bonchev–Trinajstić information content (AvgIpc) is 2.89. The Morgan fingerprint density at radius 1 is 1.25 bits per heavy atom. The van der Waals surface area contributed by atoms with Crippen molar-refractivity contribution in [3.8, 4) is 11.3 Å². The van der Waals surface area contributed by atoms with Crippen LogP contribution in [0.1, 0.15) is 10.5 Å². The van der Waals surface area contributed by atoms with Crippen molar-refractivity contribution in [3.05, 3.63) is 52.8 Å². The molecule has 0 amide bonds. The Hall–Kier alpha value is -2.14. The Bertz CT molecular complexity index is 795. The van der Waals surface area contributed by atoms with Crippen LogP contribution in [0.15, 0.2) is 51.5 Å². The molecule has 0 atom stereocenters. The van der Waals surface area contributed by atoms with Gasteiger partial charge in [-0.05, 0) is 36.4 Å². The number of hydrogen-bond donors (Lipinski definition) is 0. The number of benzene rings is 1. The lowest BCUT2D eigenvalue weighted by Crippen LogP contribution is -2.03. The second-order valence-corrected chi connectivity index (χ2v) is 5.13. The van der Waals surface area contributed by atoms with Crippen molar-refractivity contribution in [1.82, 2.24) is 4.98 Å². The molecule has 20 heavy (non-hydrogen) atoms. The second-order valence-electron chi connectivity index (χ2n) is 4.21. The van der Waals surface area contributed by atoms with E-state index < -0.39 is 5.97 Å². The van der Waals surface area contributed by atoms with Gasteiger partial charge in [0.05, 0.1) is 7.11 Å². The number of hydrogen-bond acceptors (Lipinski definition) is 4. The van der Waals surface area contributed by atoms with Crippen LogP contribution < -0.4 is 0 Å². The SMILES string of the molecule is COC(=O)c1cc(-c2cc3cc(Br)ccc3o2)ccn1. The number of carbonyl (C=O) groups excluding carboxylic acids is 1. The Morgan fingerprint density at radius 2 is 2.10 bits per heavy atom. The van der Waals surface area contributed by atoms with Crippen molar-refractivity contribution in [2.24, 2.45) is 0 Å². The van der Waals surface area contributed by atoms with E-state index >= 15 is 0 Å². The van der Waals surface area contributed by atoms with Crippen LogP contribution in [-0.4, -0.2) is 18.1 Å². The molecule has 0 aliphatic heterocycles. The minimum Gasteiger partial charge on any atom is -0.464 e. The molecule has 0 aliphatic carbocycles. The topological polar surface area (TPSA) is 52.3 Å². The van der Waals surface area contributed by atoms with Crippen LogP contribution in [0.3, 0.4) is 0 Å². The van der Waals surface area contributed by atoms with Gasteiger partial charge in [0.1, 0.15) is 17.0 Å². The lowest BCUT2D eigenvalue weighted by Gasteiger charge is -2.00. The normalized spacial score (nSPS) is 10.7. The molecule has 3 rings (SSSR count). The summed E-state index contributed by atoms with van der Waals surface area (Å²) in [6.07, 6.45) is 1.56. The zero-order chi connectivity index (χ0) is 14.1. The molecule has 0 aliphatic rings. The molecule has 0 saturated heterocycles. The van der Waals surface area contributed by atoms with E-state index in [4.69, 9.17) is 4.42 Å². The van der Waals surface area contributed by atoms with Gasteiger partial charge in [0.15, 0.2) is 0 Å². The fourth-order valence-electron chi connectivity index (χ4n) is 1.96. The van der Waals surface area contributed by atoms with Gasteiger partial charge < -0.3 is 9.15 Å². The van der Waals surface area contributed by atoms with Crippen LogP contribution in [0.25, 0.3) is 22.3 Å². The molecular formula is C15H10BrNO3. The summed E-state index contributed by atoms with van der Waals surface area (Å²) in [6, 6.07) is 11.2. The number of esters is 1. The molecule has 3 aromatic rings. The number of furan rings is 1. The molecule has 0 N–H and O–H groups in total. The van der Waals surface area contributed by atoms with Crippen molar-refractivity contribution in [1.29, 1.82) is 0 Å². The first-order valence-corrected chi connectivity index (χ1v) is 6.70. The van der Waals surface area contributed by atoms with Crippen LogP contribution in [0, 0.1) is 0 Å². The van der Waals surface area contributed by atoms with E-state index in [-0.39, 0.29) is 5.69 Å². The highest BCUT2D eigenvalue weighted by atomic mass is 79.9. The summed E-state index contributed by atoms with van der Waals surface area (Å²) >= 11 is 3.43. The molecule has 0 bridgehead atoms. The average molecular weight is 332 g/mol. The zero-order valence-corrected chi connectivity index (χ0v) is 12.2. The summed E-state index contributed by atoms with van der Waals surface area (Å²) in [5.41, 5.74) is 1.83.